The molecule has 0 radical (unpaired) electrons. The van der Waals surface area contributed by atoms with Gasteiger partial charge >= 0.3 is 0 Å². The molecule has 1 saturated heterocycles. The van der Waals surface area contributed by atoms with Crippen LogP contribution in [0.15, 0.2) is 5.38 Å². The number of rotatable bonds is 8. The van der Waals surface area contributed by atoms with Crippen molar-refractivity contribution in [2.24, 2.45) is 0 Å². The van der Waals surface area contributed by atoms with Gasteiger partial charge in [0.1, 0.15) is 5.01 Å². The minimum Gasteiger partial charge on any atom is -0.374 e. The van der Waals surface area contributed by atoms with Gasteiger partial charge in [0.25, 0.3) is 0 Å². The molecule has 2 aliphatic rings. The maximum atomic E-state index is 5.76. The Balaban J connectivity index is 1.29. The minimum absolute atomic E-state index is 0.660. The lowest BCUT2D eigenvalue weighted by Crippen LogP contribution is -2.32. The van der Waals surface area contributed by atoms with Crippen LogP contribution in [0, 0.1) is 0 Å². The van der Waals surface area contributed by atoms with E-state index in [2.05, 4.69) is 20.6 Å². The standard InChI is InChI=1S/C15H25N3OS/c1-2-6-18(7-3-1)8-9-19-11-14-12-20-15(17-14)10-16-13-4-5-13/h12-13,16H,1-11H2. The molecule has 1 aromatic heterocycles. The van der Waals surface area contributed by atoms with Gasteiger partial charge in [-0.3, -0.25) is 0 Å². The largest absolute Gasteiger partial charge is 0.374 e. The Bertz CT molecular complexity index is 400. The summed E-state index contributed by atoms with van der Waals surface area (Å²) in [7, 11) is 0. The quantitative estimate of drug-likeness (QED) is 0.747. The van der Waals surface area contributed by atoms with Crippen molar-refractivity contribution in [3.63, 3.8) is 0 Å². The number of thiazole rings is 1. The van der Waals surface area contributed by atoms with Gasteiger partial charge in [-0.15, -0.1) is 11.3 Å². The molecular formula is C15H25N3OS. The molecule has 1 N–H and O–H groups in total. The Hall–Kier alpha value is -0.490. The van der Waals surface area contributed by atoms with Crippen molar-refractivity contribution in [2.45, 2.75) is 51.3 Å². The first-order valence-electron chi connectivity index (χ1n) is 7.87. The van der Waals surface area contributed by atoms with Gasteiger partial charge in [0, 0.05) is 24.5 Å². The molecule has 0 amide bonds. The molecule has 5 heteroatoms. The van der Waals surface area contributed by atoms with E-state index in [0.717, 1.165) is 31.4 Å². The van der Waals surface area contributed by atoms with Crippen LogP contribution in [0.3, 0.4) is 0 Å². The van der Waals surface area contributed by atoms with Crippen molar-refractivity contribution in [1.82, 2.24) is 15.2 Å². The van der Waals surface area contributed by atoms with E-state index < -0.39 is 0 Å². The zero-order chi connectivity index (χ0) is 13.6. The monoisotopic (exact) mass is 295 g/mol. The molecule has 2 heterocycles. The number of hydrogen-bond acceptors (Lipinski definition) is 5. The normalized spacial score (nSPS) is 20.4. The van der Waals surface area contributed by atoms with Crippen LogP contribution in [-0.2, 0) is 17.9 Å². The van der Waals surface area contributed by atoms with Gasteiger partial charge in [0.15, 0.2) is 0 Å². The van der Waals surface area contributed by atoms with Gasteiger partial charge < -0.3 is 15.0 Å². The second kappa shape index (κ2) is 7.50. The number of likely N-dealkylation sites (tertiary alicyclic amines) is 1. The first-order valence-corrected chi connectivity index (χ1v) is 8.75. The Morgan fingerprint density at radius 1 is 1.30 bits per heavy atom. The summed E-state index contributed by atoms with van der Waals surface area (Å²) in [6.45, 7) is 5.97. The highest BCUT2D eigenvalue weighted by atomic mass is 32.1. The van der Waals surface area contributed by atoms with Crippen LogP contribution in [0.25, 0.3) is 0 Å². The van der Waals surface area contributed by atoms with Gasteiger partial charge in [0.05, 0.1) is 18.9 Å². The van der Waals surface area contributed by atoms with Crippen LogP contribution in [0.4, 0.5) is 0 Å². The minimum atomic E-state index is 0.660. The van der Waals surface area contributed by atoms with E-state index in [9.17, 15) is 0 Å². The molecule has 2 fully saturated rings. The van der Waals surface area contributed by atoms with Crippen LogP contribution in [0.1, 0.15) is 42.8 Å². The third-order valence-corrected chi connectivity index (χ3v) is 4.87. The fourth-order valence-electron chi connectivity index (χ4n) is 2.57. The fraction of sp³-hybridized carbons (Fsp3) is 0.800. The Kier molecular flexibility index (Phi) is 5.42. The Labute approximate surface area is 125 Å². The molecule has 3 rings (SSSR count). The average Bonchev–Trinajstić information content (AvgIpc) is 3.21. The summed E-state index contributed by atoms with van der Waals surface area (Å²) in [6, 6.07) is 0.753. The zero-order valence-corrected chi connectivity index (χ0v) is 13.0. The van der Waals surface area contributed by atoms with Crippen LogP contribution >= 0.6 is 11.3 Å². The molecule has 0 atom stereocenters. The predicted octanol–water partition coefficient (Wildman–Crippen LogP) is 2.40. The number of nitrogens with one attached hydrogen (secondary N) is 1. The summed E-state index contributed by atoms with van der Waals surface area (Å²) in [4.78, 5) is 7.12. The van der Waals surface area contributed by atoms with Crippen molar-refractivity contribution in [3.05, 3.63) is 16.1 Å². The second-order valence-electron chi connectivity index (χ2n) is 5.84. The van der Waals surface area contributed by atoms with Crippen molar-refractivity contribution < 1.29 is 4.74 Å². The average molecular weight is 295 g/mol. The highest BCUT2D eigenvalue weighted by Crippen LogP contribution is 2.20. The van der Waals surface area contributed by atoms with Gasteiger partial charge in [-0.05, 0) is 38.8 Å². The first kappa shape index (κ1) is 14.4. The molecule has 1 aromatic rings. The molecule has 1 saturated carbocycles. The molecule has 0 aromatic carbocycles. The fourth-order valence-corrected chi connectivity index (χ4v) is 3.30. The summed E-state index contributed by atoms with van der Waals surface area (Å²) >= 11 is 1.74. The van der Waals surface area contributed by atoms with E-state index in [1.54, 1.807) is 11.3 Å². The number of hydrogen-bond donors (Lipinski definition) is 1. The summed E-state index contributed by atoms with van der Waals surface area (Å²) in [5.41, 5.74) is 1.08. The van der Waals surface area contributed by atoms with E-state index in [-0.39, 0.29) is 0 Å². The van der Waals surface area contributed by atoms with Crippen LogP contribution in [-0.4, -0.2) is 42.2 Å². The summed E-state index contributed by atoms with van der Waals surface area (Å²) in [6.07, 6.45) is 6.76. The SMILES string of the molecule is c1sc(CNC2CC2)nc1COCCN1CCCCC1. The highest BCUT2D eigenvalue weighted by Gasteiger charge is 2.20. The van der Waals surface area contributed by atoms with Crippen molar-refractivity contribution in [2.75, 3.05) is 26.2 Å². The molecule has 0 bridgehead atoms. The van der Waals surface area contributed by atoms with E-state index in [4.69, 9.17) is 4.74 Å². The maximum Gasteiger partial charge on any atom is 0.107 e. The third-order valence-electron chi connectivity index (χ3n) is 3.97. The van der Waals surface area contributed by atoms with Crippen molar-refractivity contribution in [1.29, 1.82) is 0 Å². The molecular weight excluding hydrogens is 270 g/mol. The lowest BCUT2D eigenvalue weighted by atomic mass is 10.1. The summed E-state index contributed by atoms with van der Waals surface area (Å²) < 4.78 is 5.76. The van der Waals surface area contributed by atoms with E-state index >= 15 is 0 Å². The second-order valence-corrected chi connectivity index (χ2v) is 6.79. The molecule has 0 spiro atoms. The van der Waals surface area contributed by atoms with Crippen molar-refractivity contribution >= 4 is 11.3 Å². The summed E-state index contributed by atoms with van der Waals surface area (Å²) in [5.74, 6) is 0. The maximum absolute atomic E-state index is 5.76. The highest BCUT2D eigenvalue weighted by molar-refractivity contribution is 7.09. The third kappa shape index (κ3) is 4.81. The molecule has 1 aliphatic heterocycles. The number of ether oxygens (including phenoxy) is 1. The van der Waals surface area contributed by atoms with Gasteiger partial charge in [0.2, 0.25) is 0 Å². The Morgan fingerprint density at radius 2 is 2.15 bits per heavy atom. The van der Waals surface area contributed by atoms with Gasteiger partial charge in [-0.25, -0.2) is 4.98 Å². The number of nitrogens with zero attached hydrogens (tertiary/aromatic N) is 2. The number of aromatic nitrogens is 1. The zero-order valence-electron chi connectivity index (χ0n) is 12.1. The van der Waals surface area contributed by atoms with E-state index in [0.29, 0.717) is 6.61 Å². The molecule has 4 nitrogen and oxygen atoms in total. The molecule has 0 unspecified atom stereocenters. The molecule has 112 valence electrons. The summed E-state index contributed by atoms with van der Waals surface area (Å²) in [5, 5.41) is 6.81. The first-order chi connectivity index (χ1) is 9.90. The number of piperidine rings is 1. The molecule has 20 heavy (non-hydrogen) atoms. The Morgan fingerprint density at radius 3 is 2.95 bits per heavy atom. The predicted molar refractivity (Wildman–Crippen MR) is 81.9 cm³/mol. The van der Waals surface area contributed by atoms with Crippen LogP contribution in [0.2, 0.25) is 0 Å². The topological polar surface area (TPSA) is 37.4 Å². The van der Waals surface area contributed by atoms with Crippen LogP contribution in [0.5, 0.6) is 0 Å². The molecule has 1 aliphatic carbocycles. The van der Waals surface area contributed by atoms with Gasteiger partial charge in [-0.1, -0.05) is 6.42 Å². The van der Waals surface area contributed by atoms with Crippen LogP contribution < -0.4 is 5.32 Å². The lowest BCUT2D eigenvalue weighted by Gasteiger charge is -2.25. The van der Waals surface area contributed by atoms with E-state index in [1.807, 2.05) is 0 Å². The van der Waals surface area contributed by atoms with E-state index in [1.165, 1.54) is 50.2 Å². The van der Waals surface area contributed by atoms with Crippen molar-refractivity contribution in [3.8, 4) is 0 Å². The smallest absolute Gasteiger partial charge is 0.107 e. The lowest BCUT2D eigenvalue weighted by molar-refractivity contribution is 0.0847. The van der Waals surface area contributed by atoms with Gasteiger partial charge in [-0.2, -0.15) is 0 Å².